The summed E-state index contributed by atoms with van der Waals surface area (Å²) < 4.78 is 26.8. The molecule has 5 nitrogen and oxygen atoms in total. The molecule has 20 heavy (non-hydrogen) atoms. The van der Waals surface area contributed by atoms with Gasteiger partial charge in [0.2, 0.25) is 10.0 Å². The van der Waals surface area contributed by atoms with Crippen molar-refractivity contribution in [1.29, 1.82) is 0 Å². The molecule has 0 amide bonds. The number of nitrogens with zero attached hydrogens (tertiary/aromatic N) is 2. The van der Waals surface area contributed by atoms with Crippen molar-refractivity contribution in [3.63, 3.8) is 0 Å². The lowest BCUT2D eigenvalue weighted by Crippen LogP contribution is -2.44. The lowest BCUT2D eigenvalue weighted by Gasteiger charge is -2.34. The predicted molar refractivity (Wildman–Crippen MR) is 81.1 cm³/mol. The summed E-state index contributed by atoms with van der Waals surface area (Å²) in [6.07, 6.45) is 1.75. The number of rotatable bonds is 3. The number of nitrogen functional groups attached to an aromatic ring is 1. The van der Waals surface area contributed by atoms with E-state index in [0.717, 1.165) is 31.5 Å². The monoisotopic (exact) mass is 297 g/mol. The largest absolute Gasteiger partial charge is 0.399 e. The Labute approximate surface area is 121 Å². The SMILES string of the molecule is Cc1cc(S(=O)(=O)N(C)C2CCN(C)CC2)ccc1N. The molecule has 0 aliphatic carbocycles. The maximum Gasteiger partial charge on any atom is 0.243 e. The van der Waals surface area contributed by atoms with Crippen LogP contribution in [0.5, 0.6) is 0 Å². The molecule has 112 valence electrons. The molecule has 0 unspecified atom stereocenters. The van der Waals surface area contributed by atoms with Crippen molar-refractivity contribution in [1.82, 2.24) is 9.21 Å². The molecule has 1 saturated heterocycles. The normalized spacial score (nSPS) is 18.6. The lowest BCUT2D eigenvalue weighted by molar-refractivity contribution is 0.197. The molecule has 2 rings (SSSR count). The van der Waals surface area contributed by atoms with Gasteiger partial charge in [0.15, 0.2) is 0 Å². The van der Waals surface area contributed by atoms with Gasteiger partial charge in [0.05, 0.1) is 4.90 Å². The van der Waals surface area contributed by atoms with Crippen LogP contribution in [0.2, 0.25) is 0 Å². The smallest absolute Gasteiger partial charge is 0.243 e. The predicted octanol–water partition coefficient (Wildman–Crippen LogP) is 1.29. The summed E-state index contributed by atoms with van der Waals surface area (Å²) in [6.45, 7) is 3.69. The molecule has 1 fully saturated rings. The minimum atomic E-state index is -3.44. The Kier molecular flexibility index (Phi) is 4.36. The van der Waals surface area contributed by atoms with Crippen LogP contribution < -0.4 is 5.73 Å². The molecule has 1 heterocycles. The molecular weight excluding hydrogens is 274 g/mol. The van der Waals surface area contributed by atoms with Gasteiger partial charge in [-0.2, -0.15) is 4.31 Å². The number of anilines is 1. The Morgan fingerprint density at radius 1 is 1.30 bits per heavy atom. The molecule has 0 saturated carbocycles. The third-order valence-electron chi connectivity index (χ3n) is 4.12. The van der Waals surface area contributed by atoms with Crippen molar-refractivity contribution in [3.05, 3.63) is 23.8 Å². The van der Waals surface area contributed by atoms with Gasteiger partial charge in [-0.25, -0.2) is 8.42 Å². The molecular formula is C14H23N3O2S. The van der Waals surface area contributed by atoms with Crippen molar-refractivity contribution >= 4 is 15.7 Å². The highest BCUT2D eigenvalue weighted by molar-refractivity contribution is 7.89. The zero-order valence-corrected chi connectivity index (χ0v) is 13.2. The molecule has 1 aromatic carbocycles. The van der Waals surface area contributed by atoms with Crippen molar-refractivity contribution in [3.8, 4) is 0 Å². The molecule has 0 atom stereocenters. The van der Waals surface area contributed by atoms with Crippen LogP contribution in [0, 0.1) is 6.92 Å². The first-order valence-corrected chi connectivity index (χ1v) is 8.29. The topological polar surface area (TPSA) is 66.6 Å². The number of sulfonamides is 1. The maximum atomic E-state index is 12.6. The Balaban J connectivity index is 2.23. The second-order valence-corrected chi connectivity index (χ2v) is 7.57. The van der Waals surface area contributed by atoms with E-state index in [-0.39, 0.29) is 6.04 Å². The number of aryl methyl sites for hydroxylation is 1. The average Bonchev–Trinajstić information content (AvgIpc) is 2.41. The molecule has 1 aromatic rings. The van der Waals surface area contributed by atoms with E-state index in [2.05, 4.69) is 11.9 Å². The van der Waals surface area contributed by atoms with Crippen LogP contribution >= 0.6 is 0 Å². The van der Waals surface area contributed by atoms with Crippen LogP contribution in [0.15, 0.2) is 23.1 Å². The summed E-state index contributed by atoms with van der Waals surface area (Å²) >= 11 is 0. The number of benzene rings is 1. The third kappa shape index (κ3) is 2.97. The highest BCUT2D eigenvalue weighted by Crippen LogP contribution is 2.24. The van der Waals surface area contributed by atoms with E-state index in [1.165, 1.54) is 4.31 Å². The van der Waals surface area contributed by atoms with Gasteiger partial charge in [0.1, 0.15) is 0 Å². The minimum absolute atomic E-state index is 0.0778. The van der Waals surface area contributed by atoms with Gasteiger partial charge in [-0.1, -0.05) is 0 Å². The molecule has 0 spiro atoms. The first kappa shape index (κ1) is 15.3. The van der Waals surface area contributed by atoms with E-state index in [1.54, 1.807) is 25.2 Å². The third-order valence-corrected chi connectivity index (χ3v) is 6.03. The zero-order chi connectivity index (χ0) is 14.9. The molecule has 0 radical (unpaired) electrons. The van der Waals surface area contributed by atoms with Gasteiger partial charge < -0.3 is 10.6 Å². The Hall–Kier alpha value is -1.11. The highest BCUT2D eigenvalue weighted by atomic mass is 32.2. The van der Waals surface area contributed by atoms with E-state index >= 15 is 0 Å². The van der Waals surface area contributed by atoms with E-state index in [0.29, 0.717) is 10.6 Å². The Bertz CT molecular complexity index is 578. The number of piperidine rings is 1. The van der Waals surface area contributed by atoms with Crippen molar-refractivity contribution in [2.75, 3.05) is 32.9 Å². The summed E-state index contributed by atoms with van der Waals surface area (Å²) in [5.74, 6) is 0. The van der Waals surface area contributed by atoms with E-state index < -0.39 is 10.0 Å². The molecule has 2 N–H and O–H groups in total. The summed E-state index contributed by atoms with van der Waals surface area (Å²) in [6, 6.07) is 4.97. The summed E-state index contributed by atoms with van der Waals surface area (Å²) in [5, 5.41) is 0. The number of nitrogens with two attached hydrogens (primary N) is 1. The fourth-order valence-corrected chi connectivity index (χ4v) is 4.03. The first-order chi connectivity index (χ1) is 9.32. The van der Waals surface area contributed by atoms with Crippen molar-refractivity contribution in [2.24, 2.45) is 0 Å². The van der Waals surface area contributed by atoms with Gasteiger partial charge in [-0.05, 0) is 63.7 Å². The molecule has 1 aliphatic heterocycles. The molecule has 1 aliphatic rings. The number of hydrogen-bond donors (Lipinski definition) is 1. The summed E-state index contributed by atoms with van der Waals surface area (Å²) in [4.78, 5) is 2.55. The lowest BCUT2D eigenvalue weighted by atomic mass is 10.1. The fourth-order valence-electron chi connectivity index (χ4n) is 2.53. The van der Waals surface area contributed by atoms with E-state index in [9.17, 15) is 8.42 Å². The van der Waals surface area contributed by atoms with Crippen LogP contribution in [-0.2, 0) is 10.0 Å². The van der Waals surface area contributed by atoms with Gasteiger partial charge in [0.25, 0.3) is 0 Å². The minimum Gasteiger partial charge on any atom is -0.399 e. The molecule has 0 bridgehead atoms. The second-order valence-electron chi connectivity index (χ2n) is 5.57. The average molecular weight is 297 g/mol. The Morgan fingerprint density at radius 3 is 2.45 bits per heavy atom. The highest BCUT2D eigenvalue weighted by Gasteiger charge is 2.30. The van der Waals surface area contributed by atoms with Gasteiger partial charge in [0, 0.05) is 18.8 Å². The quantitative estimate of drug-likeness (QED) is 0.854. The van der Waals surface area contributed by atoms with Crippen LogP contribution in [0.25, 0.3) is 0 Å². The van der Waals surface area contributed by atoms with Crippen LogP contribution in [0.4, 0.5) is 5.69 Å². The molecule has 0 aromatic heterocycles. The van der Waals surface area contributed by atoms with Gasteiger partial charge in [-0.3, -0.25) is 0 Å². The number of likely N-dealkylation sites (tertiary alicyclic amines) is 1. The standard InChI is InChI=1S/C14H23N3O2S/c1-11-10-13(4-5-14(11)15)20(18,19)17(3)12-6-8-16(2)9-7-12/h4-5,10,12H,6-9,15H2,1-3H3. The number of hydrogen-bond acceptors (Lipinski definition) is 4. The zero-order valence-electron chi connectivity index (χ0n) is 12.3. The fraction of sp³-hybridized carbons (Fsp3) is 0.571. The van der Waals surface area contributed by atoms with Gasteiger partial charge >= 0.3 is 0 Å². The van der Waals surface area contributed by atoms with E-state index in [1.807, 2.05) is 6.92 Å². The first-order valence-electron chi connectivity index (χ1n) is 6.85. The summed E-state index contributed by atoms with van der Waals surface area (Å²) in [5.41, 5.74) is 7.16. The summed E-state index contributed by atoms with van der Waals surface area (Å²) in [7, 11) is 0.305. The second kappa shape index (κ2) is 5.71. The van der Waals surface area contributed by atoms with Crippen LogP contribution in [-0.4, -0.2) is 50.8 Å². The van der Waals surface area contributed by atoms with E-state index in [4.69, 9.17) is 5.73 Å². The van der Waals surface area contributed by atoms with Crippen LogP contribution in [0.1, 0.15) is 18.4 Å². The Morgan fingerprint density at radius 2 is 1.90 bits per heavy atom. The van der Waals surface area contributed by atoms with Crippen LogP contribution in [0.3, 0.4) is 0 Å². The van der Waals surface area contributed by atoms with Crippen molar-refractivity contribution < 1.29 is 8.42 Å². The van der Waals surface area contributed by atoms with Gasteiger partial charge in [-0.15, -0.1) is 0 Å². The molecule has 6 heteroatoms. The van der Waals surface area contributed by atoms with Crippen molar-refractivity contribution in [2.45, 2.75) is 30.7 Å². The maximum absolute atomic E-state index is 12.6.